The first-order chi connectivity index (χ1) is 33.8. The van der Waals surface area contributed by atoms with Crippen molar-refractivity contribution < 1.29 is 101 Å². The summed E-state index contributed by atoms with van der Waals surface area (Å²) in [6.45, 7) is 7.33. The second kappa shape index (κ2) is 30.8. The van der Waals surface area contributed by atoms with E-state index in [1.54, 1.807) is 56.9 Å². The number of nitrogens with zero attached hydrogens (tertiary/aromatic N) is 11. The first-order valence-corrected chi connectivity index (χ1v) is 36.9. The van der Waals surface area contributed by atoms with Crippen LogP contribution in [0.15, 0.2) is 95.6 Å². The minimum Gasteiger partial charge on any atom is 1.00 e. The number of hydrogen-bond acceptors (Lipinski definition) is 15. The molecule has 0 unspecified atom stereocenters. The molecule has 0 spiro atoms. The molecule has 0 aliphatic carbocycles. The molecule has 2 amide bonds. The molecule has 8 aromatic rings. The summed E-state index contributed by atoms with van der Waals surface area (Å²) in [6, 6.07) is 18.5. The van der Waals surface area contributed by atoms with Gasteiger partial charge in [0.05, 0.1) is 43.4 Å². The third-order valence-corrected chi connectivity index (χ3v) is 12.1. The van der Waals surface area contributed by atoms with Crippen molar-refractivity contribution in [1.29, 1.82) is 0 Å². The quantitative estimate of drug-likeness (QED) is 0.0766. The zero-order valence-electron chi connectivity index (χ0n) is 41.9. The van der Waals surface area contributed by atoms with Gasteiger partial charge in [-0.25, -0.2) is 14.6 Å². The predicted molar refractivity (Wildman–Crippen MR) is 284 cm³/mol. The van der Waals surface area contributed by atoms with Gasteiger partial charge in [-0.3, -0.25) is 51.4 Å². The van der Waals surface area contributed by atoms with Crippen LogP contribution >= 0.6 is 67.7 Å². The average Bonchev–Trinajstić information content (AvgIpc) is 4.15. The number of phosphoric acid groups is 1. The van der Waals surface area contributed by atoms with Gasteiger partial charge in [0.1, 0.15) is 17.5 Å². The number of rotatable bonds is 10. The van der Waals surface area contributed by atoms with E-state index >= 15 is 0 Å². The molecule has 1 N–H and O–H groups in total. The molecule has 0 fully saturated rings. The first-order valence-electron chi connectivity index (χ1n) is 21.1. The maximum Gasteiger partial charge on any atom is 1.00 e. The molecule has 382 valence electrons. The van der Waals surface area contributed by atoms with Crippen LogP contribution in [0.1, 0.15) is 39.1 Å². The first kappa shape index (κ1) is 66.4. The Bertz CT molecular complexity index is 3530. The van der Waals surface area contributed by atoms with Gasteiger partial charge in [0, 0.05) is 58.6 Å². The van der Waals surface area contributed by atoms with Gasteiger partial charge >= 0.3 is 121 Å². The number of fused-ring (bicyclic) bond motifs is 2. The Labute approximate surface area is 500 Å². The summed E-state index contributed by atoms with van der Waals surface area (Å²) in [7, 11) is 3.64. The molecule has 0 saturated carbocycles. The number of halogens is 3. The number of carbonyl (C=O) groups is 2. The van der Waals surface area contributed by atoms with Crippen LogP contribution in [0.25, 0.3) is 44.6 Å². The van der Waals surface area contributed by atoms with Gasteiger partial charge < -0.3 is 24.2 Å². The molecule has 22 nitrogen and oxygen atoms in total. The number of carbonyl (C=O) groups excluding carboxylic acids is 2. The third kappa shape index (κ3) is 16.6. The average molecular weight is 1420 g/mol. The topological polar surface area (TPSA) is 272 Å². The van der Waals surface area contributed by atoms with Crippen LogP contribution in [0.4, 0.5) is 5.13 Å². The maximum absolute atomic E-state index is 12.9. The normalized spacial score (nSPS) is 10.9. The molecule has 6 heterocycles. The number of hydrogen-bond donors (Lipinski definition) is 1. The van der Waals surface area contributed by atoms with Gasteiger partial charge in [-0.05, 0) is 5.56 Å². The minimum absolute atomic E-state index is 0. The molecule has 0 radical (unpaired) electrons. The molecule has 0 bridgehead atoms. The van der Waals surface area contributed by atoms with E-state index in [0.29, 0.717) is 35.3 Å². The number of aryl methyl sites for hydroxylation is 4. The fourth-order valence-electron chi connectivity index (χ4n) is 6.73. The molecule has 0 atom stereocenters. The molecule has 0 aliphatic rings. The molecule has 0 saturated heterocycles. The van der Waals surface area contributed by atoms with E-state index in [1.807, 2.05) is 63.4 Å². The number of aromatic nitrogens is 10. The number of phosphoric ester groups is 1. The van der Waals surface area contributed by atoms with Crippen molar-refractivity contribution in [3.05, 3.63) is 129 Å². The molecule has 73 heavy (non-hydrogen) atoms. The Balaban J connectivity index is 0.000000440. The summed E-state index contributed by atoms with van der Waals surface area (Å²) >= 11 is 7.67. The Morgan fingerprint density at radius 1 is 0.712 bits per heavy atom. The van der Waals surface area contributed by atoms with E-state index in [4.69, 9.17) is 0 Å². The summed E-state index contributed by atoms with van der Waals surface area (Å²) in [5.41, 5.74) is 1.93. The van der Waals surface area contributed by atoms with Gasteiger partial charge in [0.25, 0.3) is 17.0 Å². The largest absolute Gasteiger partial charge is 1.00 e. The van der Waals surface area contributed by atoms with Crippen LogP contribution in [0.5, 0.6) is 0 Å². The summed E-state index contributed by atoms with van der Waals surface area (Å²) in [5.74, 6) is -0.979. The second-order valence-electron chi connectivity index (χ2n) is 14.2. The van der Waals surface area contributed by atoms with Gasteiger partial charge in [-0.1, -0.05) is 88.4 Å². The van der Waals surface area contributed by atoms with E-state index in [2.05, 4.69) is 67.2 Å². The Hall–Kier alpha value is -2.76. The van der Waals surface area contributed by atoms with E-state index in [-0.39, 0.29) is 110 Å². The number of nitrogens with one attached hydrogen (secondary N) is 1. The van der Waals surface area contributed by atoms with Gasteiger partial charge in [0.15, 0.2) is 21.2 Å². The van der Waals surface area contributed by atoms with Crippen LogP contribution in [0.2, 0.25) is 0 Å². The van der Waals surface area contributed by atoms with E-state index in [1.165, 1.54) is 55.5 Å². The fourth-order valence-corrected chi connectivity index (χ4v) is 8.64. The third-order valence-electron chi connectivity index (χ3n) is 10.0. The zero-order chi connectivity index (χ0) is 52.9. The second-order valence-corrected chi connectivity index (χ2v) is 33.3. The van der Waals surface area contributed by atoms with Crippen molar-refractivity contribution in [2.45, 2.75) is 47.3 Å². The molecule has 6 aromatic heterocycles. The summed E-state index contributed by atoms with van der Waals surface area (Å²) < 4.78 is 24.1. The zero-order valence-corrected chi connectivity index (χ0v) is 54.9. The summed E-state index contributed by atoms with van der Waals surface area (Å²) in [6.07, 6.45) is -0.387. The number of thiazole rings is 2. The minimum atomic E-state index is -5.29. The van der Waals surface area contributed by atoms with Gasteiger partial charge in [-0.15, -0.1) is 22.7 Å². The molecule has 8 rings (SSSR count). The molecular formula is C43H49I3N12Na2O10PS2-. The van der Waals surface area contributed by atoms with Crippen molar-refractivity contribution in [2.75, 3.05) is 5.32 Å². The smallest absolute Gasteiger partial charge is 1.00 e. The SMILES string of the molecule is CC.CC.Cn1nc2c(c1CC(=O)N=c1scc(-c3ccccc3)n1COP(=O)([O-])[O-])c(=O)n(C)c(=O)n2C.Cn1nc2c(c1CC(=O)Nc1nc(-c3ccccc3)cs1)c(=O)n(C)c(=O)n2C.I[I-]I.[Na+].[Na+]. The van der Waals surface area contributed by atoms with Gasteiger partial charge in [-0.2, -0.15) is 15.2 Å². The van der Waals surface area contributed by atoms with Crippen molar-refractivity contribution in [3.8, 4) is 22.5 Å². The molecule has 0 aliphatic heterocycles. The van der Waals surface area contributed by atoms with E-state index < -0.39 is 43.0 Å². The number of benzene rings is 2. The van der Waals surface area contributed by atoms with Crippen molar-refractivity contribution in [1.82, 2.24) is 47.4 Å². The Kier molecular flexibility index (Phi) is 28.0. The number of anilines is 1. The summed E-state index contributed by atoms with van der Waals surface area (Å²) in [5, 5.41) is 15.6. The number of amides is 2. The van der Waals surface area contributed by atoms with Crippen LogP contribution in [0, 0.1) is 0 Å². The van der Waals surface area contributed by atoms with Crippen LogP contribution in [0.3, 0.4) is 0 Å². The maximum atomic E-state index is 12.9. The van der Waals surface area contributed by atoms with Crippen LogP contribution in [-0.2, 0) is 80.5 Å². The van der Waals surface area contributed by atoms with E-state index in [9.17, 15) is 43.1 Å². The molecular weight excluding hydrogens is 1370 g/mol. The van der Waals surface area contributed by atoms with Crippen molar-refractivity contribution >= 4 is 107 Å². The van der Waals surface area contributed by atoms with Crippen molar-refractivity contribution in [3.63, 3.8) is 0 Å². The Morgan fingerprint density at radius 3 is 1.63 bits per heavy atom. The fraction of sp³-hybridized carbons (Fsp3) is 0.302. The summed E-state index contributed by atoms with van der Waals surface area (Å²) in [4.78, 5) is 106. The molecule has 30 heteroatoms. The predicted octanol–water partition coefficient (Wildman–Crippen LogP) is -4.92. The Morgan fingerprint density at radius 2 is 1.16 bits per heavy atom. The standard InChI is InChI=1S/C20H21N6O7PS.C19H18N6O3S.2C2H6.I3.2Na/c1-23-17-16(18(28)24(2)20(23)29)13(25(3)22-17)9-15(27)21-19-26(11-33-34(30,31)32)14(10-35-19)12-7-5-4-6-8-12;1-23-16-15(17(27)24(2)19(23)28)13(25(3)22-16)9-14(26)21-18-20-12(10-29-18)11-7-5-4-6-8-11;2*1-2;1-3-2;;/h4-8,10H,9,11H2,1-3H3,(H2,30,31,32);4-8,10H,9H2,1-3H3,(H,20,21,26);2*1-2H3;;;/q;;;;-1;2*+1/p-2. The van der Waals surface area contributed by atoms with Crippen LogP contribution in [-0.4, -0.2) is 59.2 Å². The van der Waals surface area contributed by atoms with Gasteiger partial charge in [0.2, 0.25) is 5.91 Å². The monoisotopic (exact) mass is 1410 g/mol. The van der Waals surface area contributed by atoms with Crippen LogP contribution < -0.4 is 115 Å². The van der Waals surface area contributed by atoms with E-state index in [0.717, 1.165) is 31.7 Å². The van der Waals surface area contributed by atoms with Crippen molar-refractivity contribution in [2.24, 2.45) is 47.3 Å². The molecule has 2 aromatic carbocycles.